The molecule has 1 aliphatic heterocycles. The second kappa shape index (κ2) is 7.33. The molecule has 0 spiro atoms. The fraction of sp³-hybridized carbons (Fsp3) is 0.190. The highest BCUT2D eigenvalue weighted by atomic mass is 32.2. The molecular weight excluding hydrogens is 379 g/mol. The van der Waals surface area contributed by atoms with Gasteiger partial charge in [0.1, 0.15) is 10.7 Å². The third kappa shape index (κ3) is 3.27. The summed E-state index contributed by atoms with van der Waals surface area (Å²) in [4.78, 5) is 14.3. The summed E-state index contributed by atoms with van der Waals surface area (Å²) in [6.07, 6.45) is 0. The van der Waals surface area contributed by atoms with E-state index >= 15 is 0 Å². The average Bonchev–Trinajstić information content (AvgIpc) is 2.73. The van der Waals surface area contributed by atoms with E-state index in [9.17, 15) is 17.6 Å². The Kier molecular flexibility index (Phi) is 4.87. The van der Waals surface area contributed by atoms with Crippen molar-refractivity contribution in [3.05, 3.63) is 78.1 Å². The Morgan fingerprint density at radius 1 is 0.821 bits per heavy atom. The Labute approximate surface area is 163 Å². The van der Waals surface area contributed by atoms with Gasteiger partial charge in [-0.05, 0) is 29.0 Å². The molecule has 7 heteroatoms. The van der Waals surface area contributed by atoms with E-state index in [1.54, 1.807) is 11.0 Å². The van der Waals surface area contributed by atoms with Gasteiger partial charge in [-0.2, -0.15) is 4.31 Å². The molecule has 144 valence electrons. The number of hydrogen-bond acceptors (Lipinski definition) is 3. The van der Waals surface area contributed by atoms with Crippen LogP contribution in [0.5, 0.6) is 0 Å². The van der Waals surface area contributed by atoms with Crippen molar-refractivity contribution < 1.29 is 17.6 Å². The minimum absolute atomic E-state index is 0.125. The lowest BCUT2D eigenvalue weighted by atomic mass is 10.0. The van der Waals surface area contributed by atoms with Crippen molar-refractivity contribution in [1.82, 2.24) is 9.21 Å². The topological polar surface area (TPSA) is 57.7 Å². The Balaban J connectivity index is 1.53. The molecule has 1 amide bonds. The van der Waals surface area contributed by atoms with Crippen LogP contribution in [0.2, 0.25) is 0 Å². The number of nitrogens with zero attached hydrogens (tertiary/aromatic N) is 2. The minimum Gasteiger partial charge on any atom is -0.336 e. The molecule has 0 aromatic heterocycles. The maximum atomic E-state index is 13.9. The molecule has 0 bridgehead atoms. The van der Waals surface area contributed by atoms with E-state index < -0.39 is 15.8 Å². The zero-order chi connectivity index (χ0) is 19.7. The van der Waals surface area contributed by atoms with E-state index in [1.165, 1.54) is 22.5 Å². The second-order valence-electron chi connectivity index (χ2n) is 6.65. The Bertz CT molecular complexity index is 1130. The standard InChI is InChI=1S/C21H19FN2O3S/c22-19-10-3-4-11-20(19)28(26,27)24-14-12-23(13-15-24)21(25)18-9-5-7-16-6-1-2-8-17(16)18/h1-11H,12-15H2. The lowest BCUT2D eigenvalue weighted by Gasteiger charge is -2.34. The normalized spacial score (nSPS) is 15.7. The molecule has 4 rings (SSSR count). The zero-order valence-corrected chi connectivity index (χ0v) is 15.9. The van der Waals surface area contributed by atoms with Gasteiger partial charge in [0, 0.05) is 31.7 Å². The van der Waals surface area contributed by atoms with Crippen molar-refractivity contribution in [3.8, 4) is 0 Å². The number of halogens is 1. The molecule has 0 radical (unpaired) electrons. The predicted octanol–water partition coefficient (Wildman–Crippen LogP) is 3.13. The molecule has 1 fully saturated rings. The van der Waals surface area contributed by atoms with E-state index in [-0.39, 0.29) is 37.0 Å². The van der Waals surface area contributed by atoms with Gasteiger partial charge in [-0.1, -0.05) is 48.5 Å². The number of sulfonamides is 1. The molecule has 0 N–H and O–H groups in total. The summed E-state index contributed by atoms with van der Waals surface area (Å²) in [5.74, 6) is -0.892. The first kappa shape index (κ1) is 18.6. The summed E-state index contributed by atoms with van der Waals surface area (Å²) in [5, 5.41) is 1.85. The number of carbonyl (C=O) groups excluding carboxylic acids is 1. The summed E-state index contributed by atoms with van der Waals surface area (Å²) >= 11 is 0. The predicted molar refractivity (Wildman–Crippen MR) is 105 cm³/mol. The molecular formula is C21H19FN2O3S. The van der Waals surface area contributed by atoms with Gasteiger partial charge in [0.15, 0.2) is 0 Å². The molecule has 0 atom stereocenters. The number of fused-ring (bicyclic) bond motifs is 1. The first-order chi connectivity index (χ1) is 13.5. The first-order valence-electron chi connectivity index (χ1n) is 9.00. The monoisotopic (exact) mass is 398 g/mol. The number of hydrogen-bond donors (Lipinski definition) is 0. The molecule has 3 aromatic carbocycles. The van der Waals surface area contributed by atoms with Gasteiger partial charge in [-0.15, -0.1) is 0 Å². The SMILES string of the molecule is O=C(c1cccc2ccccc12)N1CCN(S(=O)(=O)c2ccccc2F)CC1. The molecule has 1 saturated heterocycles. The summed E-state index contributed by atoms with van der Waals surface area (Å²) in [5.41, 5.74) is 0.600. The van der Waals surface area contributed by atoms with Crippen LogP contribution in [0.25, 0.3) is 10.8 Å². The highest BCUT2D eigenvalue weighted by molar-refractivity contribution is 7.89. The van der Waals surface area contributed by atoms with E-state index in [0.717, 1.165) is 16.8 Å². The molecule has 1 aliphatic rings. The lowest BCUT2D eigenvalue weighted by molar-refractivity contribution is 0.0699. The van der Waals surface area contributed by atoms with E-state index in [1.807, 2.05) is 36.4 Å². The van der Waals surface area contributed by atoms with Gasteiger partial charge in [0.25, 0.3) is 5.91 Å². The van der Waals surface area contributed by atoms with Gasteiger partial charge in [-0.25, -0.2) is 12.8 Å². The second-order valence-corrected chi connectivity index (χ2v) is 8.56. The minimum atomic E-state index is -3.92. The molecule has 1 heterocycles. The number of rotatable bonds is 3. The number of carbonyl (C=O) groups is 1. The average molecular weight is 398 g/mol. The molecule has 5 nitrogen and oxygen atoms in total. The molecule has 28 heavy (non-hydrogen) atoms. The van der Waals surface area contributed by atoms with E-state index in [0.29, 0.717) is 5.56 Å². The number of amides is 1. The van der Waals surface area contributed by atoms with Crippen molar-refractivity contribution in [2.24, 2.45) is 0 Å². The lowest BCUT2D eigenvalue weighted by Crippen LogP contribution is -2.50. The highest BCUT2D eigenvalue weighted by Crippen LogP contribution is 2.23. The van der Waals surface area contributed by atoms with Crippen molar-refractivity contribution in [1.29, 1.82) is 0 Å². The van der Waals surface area contributed by atoms with Crippen LogP contribution < -0.4 is 0 Å². The number of benzene rings is 3. The fourth-order valence-corrected chi connectivity index (χ4v) is 4.99. The fourth-order valence-electron chi connectivity index (χ4n) is 3.51. The Morgan fingerprint density at radius 2 is 1.46 bits per heavy atom. The van der Waals surface area contributed by atoms with Crippen LogP contribution in [-0.2, 0) is 10.0 Å². The van der Waals surface area contributed by atoms with Crippen LogP contribution in [0.4, 0.5) is 4.39 Å². The van der Waals surface area contributed by atoms with Crippen molar-refractivity contribution >= 4 is 26.7 Å². The molecule has 0 unspecified atom stereocenters. The number of piperazine rings is 1. The van der Waals surface area contributed by atoms with Crippen molar-refractivity contribution in [2.45, 2.75) is 4.90 Å². The van der Waals surface area contributed by atoms with Gasteiger partial charge in [-0.3, -0.25) is 4.79 Å². The van der Waals surface area contributed by atoms with Crippen LogP contribution in [0.1, 0.15) is 10.4 Å². The molecule has 3 aromatic rings. The largest absolute Gasteiger partial charge is 0.336 e. The van der Waals surface area contributed by atoms with Crippen LogP contribution in [0.3, 0.4) is 0 Å². The summed E-state index contributed by atoms with van der Waals surface area (Å²) in [6, 6.07) is 18.6. The summed E-state index contributed by atoms with van der Waals surface area (Å²) in [6.45, 7) is 0.784. The Hall–Kier alpha value is -2.77. The van der Waals surface area contributed by atoms with Crippen molar-refractivity contribution in [3.63, 3.8) is 0 Å². The highest BCUT2D eigenvalue weighted by Gasteiger charge is 2.32. The van der Waals surface area contributed by atoms with Crippen molar-refractivity contribution in [2.75, 3.05) is 26.2 Å². The van der Waals surface area contributed by atoms with Crippen LogP contribution in [0.15, 0.2) is 71.6 Å². The van der Waals surface area contributed by atoms with Gasteiger partial charge in [0.05, 0.1) is 0 Å². The quantitative estimate of drug-likeness (QED) is 0.681. The van der Waals surface area contributed by atoms with E-state index in [2.05, 4.69) is 0 Å². The van der Waals surface area contributed by atoms with E-state index in [4.69, 9.17) is 0 Å². The van der Waals surface area contributed by atoms with Gasteiger partial charge >= 0.3 is 0 Å². The third-order valence-corrected chi connectivity index (χ3v) is 6.93. The van der Waals surface area contributed by atoms with Crippen LogP contribution in [-0.4, -0.2) is 49.7 Å². The molecule has 0 aliphatic carbocycles. The summed E-state index contributed by atoms with van der Waals surface area (Å²) < 4.78 is 40.6. The maximum absolute atomic E-state index is 13.9. The van der Waals surface area contributed by atoms with Gasteiger partial charge in [0.2, 0.25) is 10.0 Å². The van der Waals surface area contributed by atoms with Crippen LogP contribution >= 0.6 is 0 Å². The third-order valence-electron chi connectivity index (χ3n) is 5.00. The maximum Gasteiger partial charge on any atom is 0.254 e. The Morgan fingerprint density at radius 3 is 2.21 bits per heavy atom. The smallest absolute Gasteiger partial charge is 0.254 e. The molecule has 0 saturated carbocycles. The van der Waals surface area contributed by atoms with Gasteiger partial charge < -0.3 is 4.90 Å². The zero-order valence-electron chi connectivity index (χ0n) is 15.1. The summed E-state index contributed by atoms with van der Waals surface area (Å²) in [7, 11) is -3.92. The van der Waals surface area contributed by atoms with Crippen LogP contribution in [0, 0.1) is 5.82 Å². The first-order valence-corrected chi connectivity index (χ1v) is 10.4.